The lowest BCUT2D eigenvalue weighted by Crippen LogP contribution is -2.38. The molecule has 2 N–H and O–H groups in total. The molecule has 0 aliphatic rings. The smallest absolute Gasteiger partial charge is 0.335 e. The number of benzene rings is 1. The summed E-state index contributed by atoms with van der Waals surface area (Å²) < 4.78 is 37.0. The summed E-state index contributed by atoms with van der Waals surface area (Å²) in [6, 6.07) is 3.86. The Bertz CT molecular complexity index is 427. The van der Waals surface area contributed by atoms with Crippen molar-refractivity contribution in [2.75, 3.05) is 5.32 Å². The minimum absolute atomic E-state index is 0.0190. The predicted octanol–water partition coefficient (Wildman–Crippen LogP) is 3.87. The molecule has 1 aromatic carbocycles. The van der Waals surface area contributed by atoms with E-state index in [2.05, 4.69) is 10.6 Å². The van der Waals surface area contributed by atoms with Crippen LogP contribution in [0, 0.1) is 5.92 Å². The molecule has 1 unspecified atom stereocenters. The Hall–Kier alpha value is -1.72. The summed E-state index contributed by atoms with van der Waals surface area (Å²) >= 11 is 0. The zero-order chi connectivity index (χ0) is 14.6. The first kappa shape index (κ1) is 15.3. The molecule has 0 saturated carbocycles. The molecule has 0 aliphatic heterocycles. The van der Waals surface area contributed by atoms with Crippen LogP contribution in [0.3, 0.4) is 0 Å². The molecule has 0 saturated heterocycles. The van der Waals surface area contributed by atoms with E-state index in [9.17, 15) is 18.0 Å². The van der Waals surface area contributed by atoms with E-state index in [1.807, 2.05) is 20.8 Å². The van der Waals surface area contributed by atoms with E-state index in [1.54, 1.807) is 0 Å². The highest BCUT2D eigenvalue weighted by Gasteiger charge is 2.29. The predicted molar refractivity (Wildman–Crippen MR) is 67.9 cm³/mol. The molecular weight excluding hydrogens is 257 g/mol. The van der Waals surface area contributed by atoms with Gasteiger partial charge in [0.1, 0.15) is 0 Å². The van der Waals surface area contributed by atoms with E-state index in [-0.39, 0.29) is 12.0 Å². The average Bonchev–Trinajstić information content (AvgIpc) is 2.28. The molecule has 19 heavy (non-hydrogen) atoms. The van der Waals surface area contributed by atoms with Crippen molar-refractivity contribution < 1.29 is 18.0 Å². The Labute approximate surface area is 110 Å². The van der Waals surface area contributed by atoms with Gasteiger partial charge in [0.05, 0.1) is 5.56 Å². The fourth-order valence-electron chi connectivity index (χ4n) is 1.28. The van der Waals surface area contributed by atoms with Crippen molar-refractivity contribution in [3.05, 3.63) is 29.8 Å². The van der Waals surface area contributed by atoms with Gasteiger partial charge in [-0.15, -0.1) is 0 Å². The summed E-state index contributed by atoms with van der Waals surface area (Å²) in [7, 11) is 0. The molecule has 106 valence electrons. The van der Waals surface area contributed by atoms with Crippen LogP contribution in [0.15, 0.2) is 24.3 Å². The lowest BCUT2D eigenvalue weighted by Gasteiger charge is -2.18. The van der Waals surface area contributed by atoms with E-state index in [4.69, 9.17) is 0 Å². The van der Waals surface area contributed by atoms with Gasteiger partial charge in [0.15, 0.2) is 0 Å². The third-order valence-electron chi connectivity index (χ3n) is 2.83. The van der Waals surface area contributed by atoms with Gasteiger partial charge in [-0.05, 0) is 37.1 Å². The highest BCUT2D eigenvalue weighted by atomic mass is 19.4. The molecule has 0 aromatic heterocycles. The largest absolute Gasteiger partial charge is 0.416 e. The summed E-state index contributed by atoms with van der Waals surface area (Å²) in [6.45, 7) is 5.78. The fraction of sp³-hybridized carbons (Fsp3) is 0.462. The molecule has 0 heterocycles. The highest BCUT2D eigenvalue weighted by molar-refractivity contribution is 5.89. The van der Waals surface area contributed by atoms with Crippen LogP contribution in [-0.2, 0) is 6.18 Å². The molecule has 0 aliphatic carbocycles. The van der Waals surface area contributed by atoms with Crippen molar-refractivity contribution in [2.24, 2.45) is 5.92 Å². The van der Waals surface area contributed by atoms with Gasteiger partial charge in [-0.1, -0.05) is 13.8 Å². The Morgan fingerprint density at radius 2 is 1.63 bits per heavy atom. The second-order valence-electron chi connectivity index (χ2n) is 4.71. The van der Waals surface area contributed by atoms with Gasteiger partial charge >= 0.3 is 12.2 Å². The van der Waals surface area contributed by atoms with Crippen molar-refractivity contribution >= 4 is 11.7 Å². The van der Waals surface area contributed by atoms with Crippen molar-refractivity contribution in [1.82, 2.24) is 5.32 Å². The molecule has 0 bridgehead atoms. The molecule has 1 aromatic rings. The molecule has 2 amide bonds. The van der Waals surface area contributed by atoms with Gasteiger partial charge in [0.25, 0.3) is 0 Å². The van der Waals surface area contributed by atoms with E-state index in [0.29, 0.717) is 5.69 Å². The Morgan fingerprint density at radius 3 is 2.05 bits per heavy atom. The maximum atomic E-state index is 12.3. The first-order valence-electron chi connectivity index (χ1n) is 5.95. The summed E-state index contributed by atoms with van der Waals surface area (Å²) in [5, 5.41) is 5.19. The van der Waals surface area contributed by atoms with Crippen LogP contribution in [0.4, 0.5) is 23.7 Å². The number of nitrogens with one attached hydrogen (secondary N) is 2. The third-order valence-corrected chi connectivity index (χ3v) is 2.83. The van der Waals surface area contributed by atoms with E-state index in [1.165, 1.54) is 12.1 Å². The number of hydrogen-bond acceptors (Lipinski definition) is 1. The topological polar surface area (TPSA) is 41.1 Å². The monoisotopic (exact) mass is 274 g/mol. The first-order valence-corrected chi connectivity index (χ1v) is 5.95. The van der Waals surface area contributed by atoms with Crippen LogP contribution in [0.25, 0.3) is 0 Å². The number of rotatable bonds is 3. The van der Waals surface area contributed by atoms with Gasteiger partial charge in [0, 0.05) is 11.7 Å². The van der Waals surface area contributed by atoms with Gasteiger partial charge in [-0.25, -0.2) is 4.79 Å². The zero-order valence-electron chi connectivity index (χ0n) is 11.0. The van der Waals surface area contributed by atoms with Crippen LogP contribution in [0.2, 0.25) is 0 Å². The van der Waals surface area contributed by atoms with Crippen LogP contribution < -0.4 is 10.6 Å². The van der Waals surface area contributed by atoms with E-state index in [0.717, 1.165) is 12.1 Å². The molecule has 1 rings (SSSR count). The van der Waals surface area contributed by atoms with Crippen molar-refractivity contribution in [2.45, 2.75) is 33.0 Å². The standard InChI is InChI=1S/C13H17F3N2O/c1-8(2)9(3)17-12(19)18-11-6-4-10(5-7-11)13(14,15)16/h4-9H,1-3H3,(H2,17,18,19). The Morgan fingerprint density at radius 1 is 1.11 bits per heavy atom. The maximum absolute atomic E-state index is 12.3. The maximum Gasteiger partial charge on any atom is 0.416 e. The lowest BCUT2D eigenvalue weighted by atomic mass is 10.1. The second kappa shape index (κ2) is 5.95. The number of anilines is 1. The van der Waals surface area contributed by atoms with E-state index >= 15 is 0 Å². The molecule has 0 fully saturated rings. The molecule has 1 atom stereocenters. The normalized spacial score (nSPS) is 13.2. The van der Waals surface area contributed by atoms with Gasteiger partial charge < -0.3 is 10.6 Å². The van der Waals surface area contributed by atoms with Crippen LogP contribution in [0.1, 0.15) is 26.3 Å². The number of urea groups is 1. The SMILES string of the molecule is CC(C)C(C)NC(=O)Nc1ccc(C(F)(F)F)cc1. The quantitative estimate of drug-likeness (QED) is 0.863. The average molecular weight is 274 g/mol. The number of carbonyl (C=O) groups excluding carboxylic acids is 1. The Balaban J connectivity index is 2.61. The van der Waals surface area contributed by atoms with Gasteiger partial charge in [-0.2, -0.15) is 13.2 Å². The van der Waals surface area contributed by atoms with Crippen molar-refractivity contribution in [1.29, 1.82) is 0 Å². The molecule has 0 radical (unpaired) electrons. The minimum Gasteiger partial charge on any atom is -0.335 e. The van der Waals surface area contributed by atoms with Crippen LogP contribution in [0.5, 0.6) is 0 Å². The van der Waals surface area contributed by atoms with Gasteiger partial charge in [-0.3, -0.25) is 0 Å². The molecule has 3 nitrogen and oxygen atoms in total. The zero-order valence-corrected chi connectivity index (χ0v) is 11.0. The summed E-state index contributed by atoms with van der Waals surface area (Å²) in [5.74, 6) is 0.276. The number of hydrogen-bond donors (Lipinski definition) is 2. The van der Waals surface area contributed by atoms with Crippen LogP contribution in [-0.4, -0.2) is 12.1 Å². The molecular formula is C13H17F3N2O. The highest BCUT2D eigenvalue weighted by Crippen LogP contribution is 2.29. The minimum atomic E-state index is -4.37. The summed E-state index contributed by atoms with van der Waals surface area (Å²) in [4.78, 5) is 11.6. The van der Waals surface area contributed by atoms with Crippen LogP contribution >= 0.6 is 0 Å². The molecule has 0 spiro atoms. The Kier molecular flexibility index (Phi) is 4.80. The van der Waals surface area contributed by atoms with E-state index < -0.39 is 17.8 Å². The summed E-state index contributed by atoms with van der Waals surface area (Å²) in [5.41, 5.74) is -0.421. The lowest BCUT2D eigenvalue weighted by molar-refractivity contribution is -0.137. The fourth-order valence-corrected chi connectivity index (χ4v) is 1.28. The number of carbonyl (C=O) groups is 1. The van der Waals surface area contributed by atoms with Crippen molar-refractivity contribution in [3.63, 3.8) is 0 Å². The van der Waals surface area contributed by atoms with Crippen molar-refractivity contribution in [3.8, 4) is 0 Å². The second-order valence-corrected chi connectivity index (χ2v) is 4.71. The number of alkyl halides is 3. The first-order chi connectivity index (χ1) is 8.70. The third kappa shape index (κ3) is 4.81. The summed E-state index contributed by atoms with van der Waals surface area (Å²) in [6.07, 6.45) is -4.37. The number of amides is 2. The molecule has 6 heteroatoms. The van der Waals surface area contributed by atoms with Gasteiger partial charge in [0.2, 0.25) is 0 Å². The number of halogens is 3.